The van der Waals surface area contributed by atoms with Crippen molar-refractivity contribution in [3.8, 4) is 0 Å². The van der Waals surface area contributed by atoms with E-state index < -0.39 is 0 Å². The van der Waals surface area contributed by atoms with Crippen LogP contribution in [0.25, 0.3) is 0 Å². The molecule has 0 heterocycles. The van der Waals surface area contributed by atoms with E-state index in [0.29, 0.717) is 6.61 Å². The molecule has 0 aromatic heterocycles. The molecule has 1 N–H and O–H groups in total. The van der Waals surface area contributed by atoms with Crippen molar-refractivity contribution in [2.45, 2.75) is 13.3 Å². The van der Waals surface area contributed by atoms with Gasteiger partial charge in [0, 0.05) is 0 Å². The zero-order chi connectivity index (χ0) is 8.36. The monoisotopic (exact) mass is 154 g/mol. The predicted molar refractivity (Wildman–Crippen MR) is 45.3 cm³/mol. The van der Waals surface area contributed by atoms with Crippen molar-refractivity contribution in [3.05, 3.63) is 36.4 Å². The number of rotatable bonds is 2. The average molecular weight is 154 g/mol. The Morgan fingerprint density at radius 2 is 1.36 bits per heavy atom. The van der Waals surface area contributed by atoms with Crippen molar-refractivity contribution in [1.82, 2.24) is 0 Å². The molecule has 0 bridgehead atoms. The summed E-state index contributed by atoms with van der Waals surface area (Å²) in [6, 6.07) is 12.0. The molecule has 0 saturated heterocycles. The number of benzene rings is 1. The molecule has 0 amide bonds. The summed E-state index contributed by atoms with van der Waals surface area (Å²) < 4.78 is 0. The van der Waals surface area contributed by atoms with Crippen molar-refractivity contribution in [2.24, 2.45) is 0 Å². The van der Waals surface area contributed by atoms with E-state index in [1.807, 2.05) is 43.3 Å². The van der Waals surface area contributed by atoms with Gasteiger partial charge in [0.25, 0.3) is 0 Å². The van der Waals surface area contributed by atoms with E-state index in [-0.39, 0.29) is 0 Å². The van der Waals surface area contributed by atoms with Crippen LogP contribution in [0.3, 0.4) is 0 Å². The third-order valence-electron chi connectivity index (χ3n) is 0.962. The van der Waals surface area contributed by atoms with Crippen LogP contribution >= 0.6 is 0 Å². The zero-order valence-electron chi connectivity index (χ0n) is 6.73. The second-order valence-electron chi connectivity index (χ2n) is 1.99. The van der Waals surface area contributed by atoms with Crippen molar-refractivity contribution in [3.63, 3.8) is 0 Å². The maximum absolute atomic E-state index is 7.57. The SMILES string of the molecule is CCCOO.c1ccccc1. The largest absolute Gasteiger partial charge is 0.252 e. The van der Waals surface area contributed by atoms with E-state index in [4.69, 9.17) is 5.26 Å². The smallest absolute Gasteiger partial charge is 0.0817 e. The highest BCUT2D eigenvalue weighted by Gasteiger charge is 1.68. The van der Waals surface area contributed by atoms with Gasteiger partial charge in [-0.05, 0) is 6.42 Å². The highest BCUT2D eigenvalue weighted by molar-refractivity contribution is 4.99. The Hall–Kier alpha value is -0.860. The highest BCUT2D eigenvalue weighted by atomic mass is 17.1. The van der Waals surface area contributed by atoms with Gasteiger partial charge < -0.3 is 0 Å². The lowest BCUT2D eigenvalue weighted by Crippen LogP contribution is -1.81. The molecule has 0 atom stereocenters. The van der Waals surface area contributed by atoms with Crippen molar-refractivity contribution >= 4 is 0 Å². The molecule has 0 unspecified atom stereocenters. The standard InChI is InChI=1S/C6H6.C3H8O2/c1-2-4-6-5-3-1;1-2-3-5-4/h1-6H;4H,2-3H2,1H3. The van der Waals surface area contributed by atoms with Crippen LogP contribution in [0.2, 0.25) is 0 Å². The molecule has 0 aliphatic heterocycles. The van der Waals surface area contributed by atoms with Gasteiger partial charge in [-0.1, -0.05) is 43.3 Å². The van der Waals surface area contributed by atoms with Gasteiger partial charge in [0.05, 0.1) is 6.61 Å². The van der Waals surface area contributed by atoms with Gasteiger partial charge in [0.1, 0.15) is 0 Å². The lowest BCUT2D eigenvalue weighted by atomic mass is 10.4. The molecule has 1 aromatic rings. The van der Waals surface area contributed by atoms with Gasteiger partial charge in [-0.15, -0.1) is 0 Å². The summed E-state index contributed by atoms with van der Waals surface area (Å²) in [4.78, 5) is 3.69. The summed E-state index contributed by atoms with van der Waals surface area (Å²) in [5.41, 5.74) is 0. The molecule has 11 heavy (non-hydrogen) atoms. The second kappa shape index (κ2) is 9.14. The predicted octanol–water partition coefficient (Wildman–Crippen LogP) is 2.57. The van der Waals surface area contributed by atoms with Gasteiger partial charge in [-0.3, -0.25) is 5.26 Å². The van der Waals surface area contributed by atoms with Gasteiger partial charge in [0.15, 0.2) is 0 Å². The molecule has 0 spiro atoms. The van der Waals surface area contributed by atoms with Crippen molar-refractivity contribution < 1.29 is 10.1 Å². The molecule has 0 saturated carbocycles. The minimum atomic E-state index is 0.444. The van der Waals surface area contributed by atoms with E-state index in [0.717, 1.165) is 6.42 Å². The second-order valence-corrected chi connectivity index (χ2v) is 1.99. The summed E-state index contributed by atoms with van der Waals surface area (Å²) in [7, 11) is 0. The van der Waals surface area contributed by atoms with Crippen LogP contribution in [0.15, 0.2) is 36.4 Å². The minimum Gasteiger partial charge on any atom is -0.252 e. The number of hydrogen-bond donors (Lipinski definition) is 1. The van der Waals surface area contributed by atoms with Gasteiger partial charge >= 0.3 is 0 Å². The summed E-state index contributed by atoms with van der Waals surface area (Å²) in [5, 5.41) is 7.57. The molecule has 1 rings (SSSR count). The Morgan fingerprint density at radius 1 is 1.00 bits per heavy atom. The zero-order valence-corrected chi connectivity index (χ0v) is 6.73. The fourth-order valence-corrected chi connectivity index (χ4v) is 0.476. The average Bonchev–Trinajstić information content (AvgIpc) is 2.10. The Kier molecular flexibility index (Phi) is 8.43. The van der Waals surface area contributed by atoms with Crippen LogP contribution in [0.1, 0.15) is 13.3 Å². The Labute approximate surface area is 67.4 Å². The van der Waals surface area contributed by atoms with Gasteiger partial charge in [-0.2, -0.15) is 0 Å². The summed E-state index contributed by atoms with van der Waals surface area (Å²) in [6.45, 7) is 2.37. The molecule has 1 aromatic carbocycles. The van der Waals surface area contributed by atoms with E-state index in [2.05, 4.69) is 4.89 Å². The molecule has 0 radical (unpaired) electrons. The first-order valence-electron chi connectivity index (χ1n) is 3.68. The van der Waals surface area contributed by atoms with Crippen LogP contribution in [-0.2, 0) is 4.89 Å². The van der Waals surface area contributed by atoms with Crippen LogP contribution < -0.4 is 0 Å². The topological polar surface area (TPSA) is 29.5 Å². The maximum atomic E-state index is 7.57. The normalized spacial score (nSPS) is 8.18. The summed E-state index contributed by atoms with van der Waals surface area (Å²) >= 11 is 0. The van der Waals surface area contributed by atoms with Gasteiger partial charge in [-0.25, -0.2) is 4.89 Å². The van der Waals surface area contributed by atoms with Crippen LogP contribution in [0.4, 0.5) is 0 Å². The van der Waals surface area contributed by atoms with E-state index in [1.165, 1.54) is 0 Å². The molecule has 62 valence electrons. The molecule has 2 heteroatoms. The van der Waals surface area contributed by atoms with Crippen LogP contribution in [0, 0.1) is 0 Å². The summed E-state index contributed by atoms with van der Waals surface area (Å²) in [6.07, 6.45) is 0.872. The van der Waals surface area contributed by atoms with Crippen molar-refractivity contribution in [1.29, 1.82) is 0 Å². The molecular formula is C9H14O2. The maximum Gasteiger partial charge on any atom is 0.0817 e. The minimum absolute atomic E-state index is 0.444. The first-order valence-corrected chi connectivity index (χ1v) is 3.68. The fraction of sp³-hybridized carbons (Fsp3) is 0.333. The molecule has 2 nitrogen and oxygen atoms in total. The first kappa shape index (κ1) is 10.1. The lowest BCUT2D eigenvalue weighted by Gasteiger charge is -1.81. The van der Waals surface area contributed by atoms with E-state index in [9.17, 15) is 0 Å². The third-order valence-corrected chi connectivity index (χ3v) is 0.962. The summed E-state index contributed by atoms with van der Waals surface area (Å²) in [5.74, 6) is 0. The molecular weight excluding hydrogens is 140 g/mol. The van der Waals surface area contributed by atoms with Crippen molar-refractivity contribution in [2.75, 3.05) is 6.61 Å². The molecule has 0 aliphatic rings. The first-order chi connectivity index (χ1) is 5.41. The van der Waals surface area contributed by atoms with Crippen LogP contribution in [0.5, 0.6) is 0 Å². The number of hydrogen-bond acceptors (Lipinski definition) is 2. The van der Waals surface area contributed by atoms with E-state index >= 15 is 0 Å². The van der Waals surface area contributed by atoms with E-state index in [1.54, 1.807) is 0 Å². The highest BCUT2D eigenvalue weighted by Crippen LogP contribution is 1.79. The molecule has 0 fully saturated rings. The lowest BCUT2D eigenvalue weighted by molar-refractivity contribution is -0.241. The Morgan fingerprint density at radius 3 is 1.45 bits per heavy atom. The Bertz CT molecular complexity index is 111. The third kappa shape index (κ3) is 9.14. The van der Waals surface area contributed by atoms with Crippen LogP contribution in [-0.4, -0.2) is 11.9 Å². The Balaban J connectivity index is 0.000000187. The quantitative estimate of drug-likeness (QED) is 0.524. The van der Waals surface area contributed by atoms with Gasteiger partial charge in [0.2, 0.25) is 0 Å². The fourth-order valence-electron chi connectivity index (χ4n) is 0.476. The molecule has 0 aliphatic carbocycles.